The molecule has 0 aliphatic carbocycles. The average molecular weight is 188 g/mol. The largest absolute Gasteiger partial charge is 0.394 e. The number of rotatable bonds is 4. The molecule has 0 aromatic heterocycles. The smallest absolute Gasteiger partial charge is 0.166 e. The third-order valence-electron chi connectivity index (χ3n) is 2.37. The van der Waals surface area contributed by atoms with Gasteiger partial charge in [-0.25, -0.2) is 0 Å². The Labute approximate surface area is 80.0 Å². The van der Waals surface area contributed by atoms with Crippen LogP contribution in [-0.2, 0) is 9.47 Å². The second-order valence-electron chi connectivity index (χ2n) is 4.30. The zero-order valence-corrected chi connectivity index (χ0v) is 8.75. The third-order valence-corrected chi connectivity index (χ3v) is 2.37. The quantitative estimate of drug-likeness (QED) is 0.727. The molecule has 1 N–H and O–H groups in total. The van der Waals surface area contributed by atoms with Gasteiger partial charge in [-0.1, -0.05) is 13.8 Å². The summed E-state index contributed by atoms with van der Waals surface area (Å²) in [5, 5.41) is 8.87. The van der Waals surface area contributed by atoms with E-state index < -0.39 is 5.79 Å². The summed E-state index contributed by atoms with van der Waals surface area (Å²) in [6.07, 6.45) is 1.87. The molecule has 1 aliphatic heterocycles. The third kappa shape index (κ3) is 3.25. The molecular weight excluding hydrogens is 168 g/mol. The van der Waals surface area contributed by atoms with Crippen molar-refractivity contribution >= 4 is 0 Å². The maximum Gasteiger partial charge on any atom is 0.166 e. The van der Waals surface area contributed by atoms with Gasteiger partial charge in [0.25, 0.3) is 0 Å². The monoisotopic (exact) mass is 188 g/mol. The van der Waals surface area contributed by atoms with Gasteiger partial charge in [0.15, 0.2) is 5.79 Å². The summed E-state index contributed by atoms with van der Waals surface area (Å²) in [4.78, 5) is 0. The summed E-state index contributed by atoms with van der Waals surface area (Å²) in [6.45, 7) is 6.89. The van der Waals surface area contributed by atoms with Crippen LogP contribution in [0.3, 0.4) is 0 Å². The molecule has 0 radical (unpaired) electrons. The van der Waals surface area contributed by atoms with E-state index in [4.69, 9.17) is 14.6 Å². The van der Waals surface area contributed by atoms with Crippen LogP contribution in [-0.4, -0.2) is 30.2 Å². The van der Waals surface area contributed by atoms with Gasteiger partial charge in [-0.05, 0) is 19.3 Å². The molecule has 0 saturated carbocycles. The Morgan fingerprint density at radius 3 is 2.69 bits per heavy atom. The highest BCUT2D eigenvalue weighted by molar-refractivity contribution is 4.74. The van der Waals surface area contributed by atoms with Crippen LogP contribution in [0.4, 0.5) is 0 Å². The van der Waals surface area contributed by atoms with Gasteiger partial charge in [0.1, 0.15) is 6.10 Å². The first kappa shape index (κ1) is 11.0. The molecule has 1 aliphatic rings. The van der Waals surface area contributed by atoms with Crippen LogP contribution in [0.25, 0.3) is 0 Å². The van der Waals surface area contributed by atoms with Gasteiger partial charge in [0, 0.05) is 6.42 Å². The lowest BCUT2D eigenvalue weighted by molar-refractivity contribution is -0.163. The molecule has 3 nitrogen and oxygen atoms in total. The van der Waals surface area contributed by atoms with Crippen molar-refractivity contribution in [3.8, 4) is 0 Å². The Hall–Kier alpha value is -0.120. The molecule has 1 heterocycles. The van der Waals surface area contributed by atoms with Gasteiger partial charge in [-0.3, -0.25) is 0 Å². The Morgan fingerprint density at radius 1 is 1.54 bits per heavy atom. The Morgan fingerprint density at radius 2 is 2.23 bits per heavy atom. The van der Waals surface area contributed by atoms with Gasteiger partial charge >= 0.3 is 0 Å². The lowest BCUT2D eigenvalue weighted by Crippen LogP contribution is -2.27. The van der Waals surface area contributed by atoms with Crippen molar-refractivity contribution in [3.63, 3.8) is 0 Å². The van der Waals surface area contributed by atoms with Crippen molar-refractivity contribution in [2.45, 2.75) is 45.5 Å². The maximum absolute atomic E-state index is 8.87. The fourth-order valence-electron chi connectivity index (χ4n) is 1.46. The summed E-state index contributed by atoms with van der Waals surface area (Å²) >= 11 is 0. The minimum absolute atomic E-state index is 0.0528. The van der Waals surface area contributed by atoms with Crippen LogP contribution in [0.2, 0.25) is 0 Å². The predicted molar refractivity (Wildman–Crippen MR) is 50.4 cm³/mol. The number of hydrogen-bond donors (Lipinski definition) is 1. The van der Waals surface area contributed by atoms with Crippen molar-refractivity contribution in [1.82, 2.24) is 0 Å². The summed E-state index contributed by atoms with van der Waals surface area (Å²) in [5.74, 6) is 0.203. The van der Waals surface area contributed by atoms with E-state index in [0.29, 0.717) is 12.5 Å². The van der Waals surface area contributed by atoms with E-state index in [1.165, 1.54) is 0 Å². The highest BCUT2D eigenvalue weighted by Gasteiger charge is 2.36. The molecule has 0 spiro atoms. The fourth-order valence-corrected chi connectivity index (χ4v) is 1.46. The second kappa shape index (κ2) is 4.40. The van der Waals surface area contributed by atoms with Crippen molar-refractivity contribution in [3.05, 3.63) is 0 Å². The number of hydrogen-bond acceptors (Lipinski definition) is 3. The summed E-state index contributed by atoms with van der Waals surface area (Å²) < 4.78 is 11.1. The van der Waals surface area contributed by atoms with Crippen molar-refractivity contribution in [2.75, 3.05) is 13.2 Å². The summed E-state index contributed by atoms with van der Waals surface area (Å²) in [5.41, 5.74) is 0. The fraction of sp³-hybridized carbons (Fsp3) is 1.00. The zero-order valence-electron chi connectivity index (χ0n) is 8.75. The maximum atomic E-state index is 8.87. The highest BCUT2D eigenvalue weighted by Crippen LogP contribution is 2.29. The summed E-state index contributed by atoms with van der Waals surface area (Å²) in [7, 11) is 0. The molecule has 0 aromatic rings. The van der Waals surface area contributed by atoms with Crippen LogP contribution >= 0.6 is 0 Å². The molecule has 1 fully saturated rings. The van der Waals surface area contributed by atoms with Crippen molar-refractivity contribution in [1.29, 1.82) is 0 Å². The van der Waals surface area contributed by atoms with Gasteiger partial charge < -0.3 is 14.6 Å². The molecule has 0 amide bonds. The predicted octanol–water partition coefficient (Wildman–Crippen LogP) is 1.55. The Kier molecular flexibility index (Phi) is 3.71. The Balaban J connectivity index is 2.31. The first-order valence-electron chi connectivity index (χ1n) is 4.98. The van der Waals surface area contributed by atoms with Gasteiger partial charge in [-0.15, -0.1) is 0 Å². The van der Waals surface area contributed by atoms with E-state index in [2.05, 4.69) is 13.8 Å². The molecule has 13 heavy (non-hydrogen) atoms. The second-order valence-corrected chi connectivity index (χ2v) is 4.30. The molecule has 0 aromatic carbocycles. The van der Waals surface area contributed by atoms with E-state index in [-0.39, 0.29) is 12.7 Å². The molecule has 3 heteroatoms. The SMILES string of the molecule is CC(C)CCC1(C)OCC(CO)O1. The van der Waals surface area contributed by atoms with Gasteiger partial charge in [0.05, 0.1) is 13.2 Å². The number of aliphatic hydroxyl groups is 1. The molecule has 0 bridgehead atoms. The van der Waals surface area contributed by atoms with E-state index >= 15 is 0 Å². The van der Waals surface area contributed by atoms with Gasteiger partial charge in [0.2, 0.25) is 0 Å². The zero-order chi connectivity index (χ0) is 9.90. The first-order chi connectivity index (χ1) is 6.06. The first-order valence-corrected chi connectivity index (χ1v) is 4.98. The van der Waals surface area contributed by atoms with E-state index in [0.717, 1.165) is 12.8 Å². The molecule has 1 rings (SSSR count). The van der Waals surface area contributed by atoms with Crippen LogP contribution < -0.4 is 0 Å². The number of ether oxygens (including phenoxy) is 2. The molecule has 1 saturated heterocycles. The van der Waals surface area contributed by atoms with E-state index in [9.17, 15) is 0 Å². The van der Waals surface area contributed by atoms with E-state index in [1.54, 1.807) is 0 Å². The van der Waals surface area contributed by atoms with Crippen molar-refractivity contribution < 1.29 is 14.6 Å². The normalized spacial score (nSPS) is 34.4. The lowest BCUT2D eigenvalue weighted by atomic mass is 10.0. The average Bonchev–Trinajstić information content (AvgIpc) is 2.45. The molecular formula is C10H20O3. The minimum atomic E-state index is -0.461. The van der Waals surface area contributed by atoms with Gasteiger partial charge in [-0.2, -0.15) is 0 Å². The van der Waals surface area contributed by atoms with Crippen molar-refractivity contribution in [2.24, 2.45) is 5.92 Å². The van der Waals surface area contributed by atoms with Crippen LogP contribution in [0, 0.1) is 5.92 Å². The summed E-state index contributed by atoms with van der Waals surface area (Å²) in [6, 6.07) is 0. The van der Waals surface area contributed by atoms with E-state index in [1.807, 2.05) is 6.92 Å². The van der Waals surface area contributed by atoms with Crippen LogP contribution in [0.1, 0.15) is 33.6 Å². The van der Waals surface area contributed by atoms with Crippen LogP contribution in [0.15, 0.2) is 0 Å². The Bertz CT molecular complexity index is 158. The van der Waals surface area contributed by atoms with Crippen LogP contribution in [0.5, 0.6) is 0 Å². The standard InChI is InChI=1S/C10H20O3/c1-8(2)4-5-10(3)12-7-9(6-11)13-10/h8-9,11H,4-7H2,1-3H3. The minimum Gasteiger partial charge on any atom is -0.394 e. The highest BCUT2D eigenvalue weighted by atomic mass is 16.7. The molecule has 2 atom stereocenters. The topological polar surface area (TPSA) is 38.7 Å². The lowest BCUT2D eigenvalue weighted by Gasteiger charge is -2.23. The number of aliphatic hydroxyl groups excluding tert-OH is 1. The molecule has 2 unspecified atom stereocenters. The molecule has 78 valence electrons.